The number of piperidine rings is 1. The highest BCUT2D eigenvalue weighted by molar-refractivity contribution is 7.89. The monoisotopic (exact) mass is 434 g/mol. The Kier molecular flexibility index (Phi) is 6.16. The lowest BCUT2D eigenvalue weighted by atomic mass is 9.97. The van der Waals surface area contributed by atoms with E-state index < -0.39 is 10.0 Å². The van der Waals surface area contributed by atoms with Crippen LogP contribution in [0.15, 0.2) is 33.7 Å². The van der Waals surface area contributed by atoms with Crippen molar-refractivity contribution in [2.24, 2.45) is 0 Å². The van der Waals surface area contributed by atoms with Crippen LogP contribution in [0.25, 0.3) is 11.4 Å². The van der Waals surface area contributed by atoms with E-state index in [9.17, 15) is 13.2 Å². The van der Waals surface area contributed by atoms with E-state index in [1.807, 2.05) is 0 Å². The molecule has 0 aliphatic carbocycles. The van der Waals surface area contributed by atoms with Crippen LogP contribution in [-0.2, 0) is 19.6 Å². The molecule has 2 saturated heterocycles. The SMILES string of the molecule is COCC(=O)N1CCC(c2nc(-c3ccc(S(=O)(=O)N4CCCC4)cc3)no2)CC1. The number of rotatable bonds is 6. The number of amides is 1. The minimum absolute atomic E-state index is 0.00820. The van der Waals surface area contributed by atoms with Gasteiger partial charge in [0.05, 0.1) is 4.90 Å². The van der Waals surface area contributed by atoms with Crippen LogP contribution in [0.1, 0.15) is 37.5 Å². The van der Waals surface area contributed by atoms with E-state index in [4.69, 9.17) is 9.26 Å². The molecule has 1 aromatic heterocycles. The fraction of sp³-hybridized carbons (Fsp3) is 0.550. The molecule has 30 heavy (non-hydrogen) atoms. The number of benzene rings is 1. The van der Waals surface area contributed by atoms with Gasteiger partial charge in [-0.2, -0.15) is 9.29 Å². The maximum Gasteiger partial charge on any atom is 0.248 e. The second-order valence-electron chi connectivity index (χ2n) is 7.68. The first-order chi connectivity index (χ1) is 14.5. The summed E-state index contributed by atoms with van der Waals surface area (Å²) < 4.78 is 37.2. The van der Waals surface area contributed by atoms with Crippen LogP contribution in [0.3, 0.4) is 0 Å². The average molecular weight is 435 g/mol. The van der Waals surface area contributed by atoms with Gasteiger partial charge in [-0.15, -0.1) is 0 Å². The van der Waals surface area contributed by atoms with Gasteiger partial charge in [0.2, 0.25) is 27.6 Å². The maximum absolute atomic E-state index is 12.6. The smallest absolute Gasteiger partial charge is 0.248 e. The largest absolute Gasteiger partial charge is 0.375 e. The summed E-state index contributed by atoms with van der Waals surface area (Å²) in [6.07, 6.45) is 3.32. The van der Waals surface area contributed by atoms with Crippen molar-refractivity contribution in [3.05, 3.63) is 30.2 Å². The lowest BCUT2D eigenvalue weighted by Crippen LogP contribution is -2.39. The minimum atomic E-state index is -3.44. The van der Waals surface area contributed by atoms with E-state index in [2.05, 4.69) is 10.1 Å². The Morgan fingerprint density at radius 2 is 1.80 bits per heavy atom. The molecule has 1 amide bonds. The Morgan fingerprint density at radius 1 is 1.13 bits per heavy atom. The summed E-state index contributed by atoms with van der Waals surface area (Å²) in [5.41, 5.74) is 0.707. The molecular weight excluding hydrogens is 408 g/mol. The van der Waals surface area contributed by atoms with Crippen molar-refractivity contribution in [2.45, 2.75) is 36.5 Å². The van der Waals surface area contributed by atoms with Gasteiger partial charge in [0, 0.05) is 44.8 Å². The zero-order valence-electron chi connectivity index (χ0n) is 17.0. The molecule has 0 spiro atoms. The Bertz CT molecular complexity index is 975. The van der Waals surface area contributed by atoms with Crippen LogP contribution in [-0.4, -0.2) is 73.6 Å². The highest BCUT2D eigenvalue weighted by Crippen LogP contribution is 2.29. The summed E-state index contributed by atoms with van der Waals surface area (Å²) in [7, 11) is -1.93. The van der Waals surface area contributed by atoms with Crippen LogP contribution in [0, 0.1) is 0 Å². The maximum atomic E-state index is 12.6. The first-order valence-corrected chi connectivity index (χ1v) is 11.6. The fourth-order valence-corrected chi connectivity index (χ4v) is 5.48. The molecule has 0 bridgehead atoms. The minimum Gasteiger partial charge on any atom is -0.375 e. The molecule has 0 unspecified atom stereocenters. The van der Waals surface area contributed by atoms with Gasteiger partial charge in [-0.3, -0.25) is 4.79 Å². The Balaban J connectivity index is 1.41. The van der Waals surface area contributed by atoms with Crippen LogP contribution in [0.2, 0.25) is 0 Å². The predicted octanol–water partition coefficient (Wildman–Crippen LogP) is 1.87. The molecule has 0 N–H and O–H groups in total. The third kappa shape index (κ3) is 4.26. The molecule has 0 radical (unpaired) electrons. The van der Waals surface area contributed by atoms with E-state index in [-0.39, 0.29) is 23.3 Å². The van der Waals surface area contributed by atoms with Crippen LogP contribution in [0.5, 0.6) is 0 Å². The normalized spacial score (nSPS) is 18.8. The second-order valence-corrected chi connectivity index (χ2v) is 9.62. The molecular formula is C20H26N4O5S. The van der Waals surface area contributed by atoms with E-state index in [0.717, 1.165) is 25.7 Å². The molecule has 1 aromatic carbocycles. The Morgan fingerprint density at radius 3 is 2.43 bits per heavy atom. The molecule has 3 heterocycles. The fourth-order valence-electron chi connectivity index (χ4n) is 3.96. The molecule has 2 aliphatic rings. The van der Waals surface area contributed by atoms with Gasteiger partial charge in [-0.1, -0.05) is 5.16 Å². The number of hydrogen-bond acceptors (Lipinski definition) is 7. The van der Waals surface area contributed by atoms with Gasteiger partial charge in [0.25, 0.3) is 0 Å². The molecule has 2 aromatic rings. The van der Waals surface area contributed by atoms with Crippen molar-refractivity contribution in [2.75, 3.05) is 39.9 Å². The summed E-state index contributed by atoms with van der Waals surface area (Å²) in [6.45, 7) is 2.52. The quantitative estimate of drug-likeness (QED) is 0.683. The zero-order valence-corrected chi connectivity index (χ0v) is 17.8. The number of nitrogens with zero attached hydrogens (tertiary/aromatic N) is 4. The predicted molar refractivity (Wildman–Crippen MR) is 108 cm³/mol. The van der Waals surface area contributed by atoms with Crippen molar-refractivity contribution in [1.82, 2.24) is 19.3 Å². The van der Waals surface area contributed by atoms with Crippen molar-refractivity contribution >= 4 is 15.9 Å². The molecule has 9 nitrogen and oxygen atoms in total. The van der Waals surface area contributed by atoms with Crippen molar-refractivity contribution in [1.29, 1.82) is 0 Å². The summed E-state index contributed by atoms with van der Waals surface area (Å²) in [5, 5.41) is 4.07. The van der Waals surface area contributed by atoms with Crippen LogP contribution in [0.4, 0.5) is 0 Å². The summed E-state index contributed by atoms with van der Waals surface area (Å²) in [5.74, 6) is 1.09. The number of hydrogen-bond donors (Lipinski definition) is 0. The van der Waals surface area contributed by atoms with Crippen LogP contribution < -0.4 is 0 Å². The highest BCUT2D eigenvalue weighted by atomic mass is 32.2. The number of methoxy groups -OCH3 is 1. The molecule has 10 heteroatoms. The van der Waals surface area contributed by atoms with Gasteiger partial charge < -0.3 is 14.2 Å². The zero-order chi connectivity index (χ0) is 21.1. The number of ether oxygens (including phenoxy) is 1. The second kappa shape index (κ2) is 8.83. The Hall–Kier alpha value is -2.30. The van der Waals surface area contributed by atoms with Gasteiger partial charge in [-0.05, 0) is 49.9 Å². The van der Waals surface area contributed by atoms with Crippen LogP contribution >= 0.6 is 0 Å². The van der Waals surface area contributed by atoms with Crippen molar-refractivity contribution < 1.29 is 22.5 Å². The van der Waals surface area contributed by atoms with Gasteiger partial charge >= 0.3 is 0 Å². The average Bonchev–Trinajstić information content (AvgIpc) is 3.47. The molecule has 162 valence electrons. The van der Waals surface area contributed by atoms with Gasteiger partial charge in [0.1, 0.15) is 6.61 Å². The third-order valence-electron chi connectivity index (χ3n) is 5.72. The van der Waals surface area contributed by atoms with E-state index in [1.54, 1.807) is 29.2 Å². The number of sulfonamides is 1. The van der Waals surface area contributed by atoms with Crippen molar-refractivity contribution in [3.8, 4) is 11.4 Å². The number of aromatic nitrogens is 2. The topological polar surface area (TPSA) is 106 Å². The van der Waals surface area contributed by atoms with Crippen molar-refractivity contribution in [3.63, 3.8) is 0 Å². The first-order valence-electron chi connectivity index (χ1n) is 10.2. The van der Waals surface area contributed by atoms with E-state index >= 15 is 0 Å². The Labute approximate surface area is 176 Å². The third-order valence-corrected chi connectivity index (χ3v) is 7.63. The molecule has 2 fully saturated rings. The molecule has 4 rings (SSSR count). The molecule has 2 aliphatic heterocycles. The first kappa shape index (κ1) is 21.0. The number of carbonyl (C=O) groups excluding carboxylic acids is 1. The molecule has 0 atom stereocenters. The summed E-state index contributed by atoms with van der Waals surface area (Å²) in [4.78, 5) is 18.5. The summed E-state index contributed by atoms with van der Waals surface area (Å²) >= 11 is 0. The number of likely N-dealkylation sites (tertiary alicyclic amines) is 1. The highest BCUT2D eigenvalue weighted by Gasteiger charge is 2.29. The summed E-state index contributed by atoms with van der Waals surface area (Å²) in [6, 6.07) is 6.62. The van der Waals surface area contributed by atoms with E-state index in [1.165, 1.54) is 11.4 Å². The van der Waals surface area contributed by atoms with Gasteiger partial charge in [0.15, 0.2) is 0 Å². The van der Waals surface area contributed by atoms with E-state index in [0.29, 0.717) is 43.5 Å². The lowest BCUT2D eigenvalue weighted by Gasteiger charge is -2.30. The lowest BCUT2D eigenvalue weighted by molar-refractivity contribution is -0.136. The van der Waals surface area contributed by atoms with Gasteiger partial charge in [-0.25, -0.2) is 8.42 Å². The standard InChI is InChI=1S/C20H26N4O5S/c1-28-14-18(25)23-12-8-16(9-13-23)20-21-19(22-29-20)15-4-6-17(7-5-15)30(26,27)24-10-2-3-11-24/h4-7,16H,2-3,8-14H2,1H3. The molecule has 0 saturated carbocycles. The number of carbonyl (C=O) groups is 1.